The largest absolute Gasteiger partial charge is 0.356 e. The molecule has 5 rings (SSSR count). The van der Waals surface area contributed by atoms with Gasteiger partial charge in [0.25, 0.3) is 0 Å². The summed E-state index contributed by atoms with van der Waals surface area (Å²) in [5, 5.41) is 2.91. The Bertz CT molecular complexity index is 947. The highest BCUT2D eigenvalue weighted by Gasteiger charge is 2.31. The highest BCUT2D eigenvalue weighted by molar-refractivity contribution is 9.10. The second kappa shape index (κ2) is 8.86. The van der Waals surface area contributed by atoms with Crippen LogP contribution in [0.4, 0.5) is 11.6 Å². The van der Waals surface area contributed by atoms with Gasteiger partial charge in [-0.15, -0.1) is 0 Å². The third-order valence-electron chi connectivity index (χ3n) is 6.90. The molecule has 3 aliphatic heterocycles. The lowest BCUT2D eigenvalue weighted by Gasteiger charge is -2.35. The minimum atomic E-state index is 0.0368. The molecular formula is C22H30BrN7O. The average molecular weight is 488 g/mol. The van der Waals surface area contributed by atoms with Crippen molar-refractivity contribution in [3.05, 3.63) is 28.5 Å². The molecule has 1 atom stereocenters. The fraction of sp³-hybridized carbons (Fsp3) is 0.636. The molecule has 8 nitrogen and oxygen atoms in total. The molecule has 9 heteroatoms. The molecule has 0 saturated carbocycles. The van der Waals surface area contributed by atoms with E-state index in [1.807, 2.05) is 0 Å². The number of likely N-dealkylation sites (tertiary alicyclic amines) is 1. The van der Waals surface area contributed by atoms with Gasteiger partial charge in [-0.2, -0.15) is 0 Å². The number of anilines is 2. The lowest BCUT2D eigenvalue weighted by molar-refractivity contribution is -0.116. The Morgan fingerprint density at radius 3 is 2.68 bits per heavy atom. The van der Waals surface area contributed by atoms with Crippen molar-refractivity contribution < 1.29 is 4.79 Å². The number of carbonyl (C=O) groups excluding carboxylic acids is 1. The lowest BCUT2D eigenvalue weighted by Crippen LogP contribution is -2.36. The number of halogens is 1. The number of nitrogens with zero attached hydrogens (tertiary/aromatic N) is 6. The van der Waals surface area contributed by atoms with Crippen LogP contribution in [0.2, 0.25) is 0 Å². The van der Waals surface area contributed by atoms with Crippen molar-refractivity contribution >= 4 is 33.5 Å². The molecule has 2 fully saturated rings. The number of aromatic nitrogens is 4. The topological polar surface area (TPSA) is 79.2 Å². The molecule has 2 aromatic heterocycles. The fourth-order valence-corrected chi connectivity index (χ4v) is 5.69. The van der Waals surface area contributed by atoms with E-state index in [1.54, 1.807) is 6.33 Å². The Morgan fingerprint density at radius 1 is 1.13 bits per heavy atom. The number of amides is 1. The zero-order valence-corrected chi connectivity index (χ0v) is 19.6. The third-order valence-corrected chi connectivity index (χ3v) is 7.28. The van der Waals surface area contributed by atoms with E-state index in [9.17, 15) is 4.79 Å². The van der Waals surface area contributed by atoms with Crippen molar-refractivity contribution in [3.63, 3.8) is 0 Å². The van der Waals surface area contributed by atoms with E-state index in [-0.39, 0.29) is 11.8 Å². The van der Waals surface area contributed by atoms with Crippen molar-refractivity contribution in [3.8, 4) is 0 Å². The first kappa shape index (κ1) is 20.9. The molecule has 0 unspecified atom stereocenters. The molecule has 0 radical (unpaired) electrons. The monoisotopic (exact) mass is 487 g/mol. The summed E-state index contributed by atoms with van der Waals surface area (Å²) in [5.41, 5.74) is 1.08. The number of imidazole rings is 1. The Morgan fingerprint density at radius 2 is 1.90 bits per heavy atom. The summed E-state index contributed by atoms with van der Waals surface area (Å²) in [6.07, 6.45) is 8.96. The zero-order chi connectivity index (χ0) is 21.4. The summed E-state index contributed by atoms with van der Waals surface area (Å²) in [4.78, 5) is 30.6. The van der Waals surface area contributed by atoms with Gasteiger partial charge in [-0.25, -0.2) is 15.0 Å². The predicted octanol–water partition coefficient (Wildman–Crippen LogP) is 3.36. The van der Waals surface area contributed by atoms with Crippen LogP contribution in [0.3, 0.4) is 0 Å². The van der Waals surface area contributed by atoms with Crippen molar-refractivity contribution in [2.24, 2.45) is 0 Å². The van der Waals surface area contributed by atoms with Crippen molar-refractivity contribution in [1.29, 1.82) is 0 Å². The van der Waals surface area contributed by atoms with Gasteiger partial charge in [0.2, 0.25) is 5.91 Å². The molecule has 1 N–H and O–H groups in total. The maximum Gasteiger partial charge on any atom is 0.226 e. The van der Waals surface area contributed by atoms with Gasteiger partial charge in [0.15, 0.2) is 0 Å². The van der Waals surface area contributed by atoms with Gasteiger partial charge < -0.3 is 19.7 Å². The van der Waals surface area contributed by atoms with Crippen LogP contribution in [-0.4, -0.2) is 63.0 Å². The summed E-state index contributed by atoms with van der Waals surface area (Å²) in [6.45, 7) is 8.52. The maximum absolute atomic E-state index is 11.9. The predicted molar refractivity (Wildman–Crippen MR) is 123 cm³/mol. The van der Waals surface area contributed by atoms with Crippen LogP contribution >= 0.6 is 15.9 Å². The second-order valence-corrected chi connectivity index (χ2v) is 9.85. The van der Waals surface area contributed by atoms with Crippen LogP contribution in [0.1, 0.15) is 62.3 Å². The molecule has 0 bridgehead atoms. The maximum atomic E-state index is 11.9. The molecule has 0 aliphatic carbocycles. The van der Waals surface area contributed by atoms with E-state index in [2.05, 4.69) is 58.7 Å². The molecule has 5 heterocycles. The number of fused-ring (bicyclic) bond motifs is 1. The molecule has 2 saturated heterocycles. The average Bonchev–Trinajstić information content (AvgIpc) is 3.41. The quantitative estimate of drug-likeness (QED) is 0.696. The minimum absolute atomic E-state index is 0.0368. The second-order valence-electron chi connectivity index (χ2n) is 9.04. The first-order valence-corrected chi connectivity index (χ1v) is 12.2. The number of rotatable bonds is 5. The third kappa shape index (κ3) is 4.35. The number of piperidine rings is 1. The summed E-state index contributed by atoms with van der Waals surface area (Å²) >= 11 is 3.60. The van der Waals surface area contributed by atoms with E-state index in [0.717, 1.165) is 55.0 Å². The summed E-state index contributed by atoms with van der Waals surface area (Å²) in [5.74, 6) is 3.49. The zero-order valence-electron chi connectivity index (χ0n) is 18.1. The standard InChI is InChI=1S/C22H30BrN7O/c1-15-12-18(31)27-20-19(15)22(25-14-24-20)29-8-4-16(5-9-29)21-26-17(23)13-30(21)11-10-28-6-2-3-7-28/h13-16H,2-12H2,1H3,(H,24,25,27,31)/t15-/m1/s1. The first-order chi connectivity index (χ1) is 15.1. The fourth-order valence-electron chi connectivity index (χ4n) is 5.26. The number of hydrogen-bond donors (Lipinski definition) is 1. The number of nitrogens with one attached hydrogen (secondary N) is 1. The van der Waals surface area contributed by atoms with Gasteiger partial charge in [-0.3, -0.25) is 4.79 Å². The van der Waals surface area contributed by atoms with Crippen molar-refractivity contribution in [2.75, 3.05) is 42.9 Å². The van der Waals surface area contributed by atoms with Crippen LogP contribution in [0.15, 0.2) is 17.1 Å². The molecule has 166 valence electrons. The smallest absolute Gasteiger partial charge is 0.226 e. The van der Waals surface area contributed by atoms with E-state index in [0.29, 0.717) is 18.2 Å². The Hall–Kier alpha value is -2.00. The highest BCUT2D eigenvalue weighted by atomic mass is 79.9. The van der Waals surface area contributed by atoms with Crippen LogP contribution < -0.4 is 10.2 Å². The molecule has 2 aromatic rings. The van der Waals surface area contributed by atoms with Gasteiger partial charge in [0.1, 0.15) is 28.4 Å². The number of hydrogen-bond acceptors (Lipinski definition) is 6. The first-order valence-electron chi connectivity index (χ1n) is 11.4. The summed E-state index contributed by atoms with van der Waals surface area (Å²) in [6, 6.07) is 0. The summed E-state index contributed by atoms with van der Waals surface area (Å²) < 4.78 is 3.29. The SMILES string of the molecule is C[C@@H]1CC(=O)Nc2ncnc(N3CCC(c4nc(Br)cn4CCN4CCCC4)CC3)c21. The van der Waals surface area contributed by atoms with Gasteiger partial charge in [-0.1, -0.05) is 6.92 Å². The van der Waals surface area contributed by atoms with Crippen LogP contribution in [0, 0.1) is 0 Å². The molecular weight excluding hydrogens is 458 g/mol. The number of carbonyl (C=O) groups is 1. The van der Waals surface area contributed by atoms with Gasteiger partial charge >= 0.3 is 0 Å². The van der Waals surface area contributed by atoms with Gasteiger partial charge in [-0.05, 0) is 60.6 Å². The van der Waals surface area contributed by atoms with Crippen molar-refractivity contribution in [1.82, 2.24) is 24.4 Å². The Kier molecular flexibility index (Phi) is 5.97. The van der Waals surface area contributed by atoms with Crippen LogP contribution in [0.5, 0.6) is 0 Å². The van der Waals surface area contributed by atoms with Gasteiger partial charge in [0, 0.05) is 50.3 Å². The Balaban J connectivity index is 1.28. The van der Waals surface area contributed by atoms with Crippen LogP contribution in [-0.2, 0) is 11.3 Å². The van der Waals surface area contributed by atoms with E-state index in [4.69, 9.17) is 4.98 Å². The molecule has 0 aromatic carbocycles. The lowest BCUT2D eigenvalue weighted by atomic mass is 9.92. The summed E-state index contributed by atoms with van der Waals surface area (Å²) in [7, 11) is 0. The molecule has 1 amide bonds. The minimum Gasteiger partial charge on any atom is -0.356 e. The molecule has 31 heavy (non-hydrogen) atoms. The molecule has 3 aliphatic rings. The Labute approximate surface area is 191 Å². The van der Waals surface area contributed by atoms with E-state index < -0.39 is 0 Å². The molecule has 0 spiro atoms. The van der Waals surface area contributed by atoms with Gasteiger partial charge in [0.05, 0.1) is 0 Å². The van der Waals surface area contributed by atoms with Crippen LogP contribution in [0.25, 0.3) is 0 Å². The normalized spacial score (nSPS) is 22.6. The van der Waals surface area contributed by atoms with E-state index >= 15 is 0 Å². The highest BCUT2D eigenvalue weighted by Crippen LogP contribution is 2.38. The van der Waals surface area contributed by atoms with E-state index in [1.165, 1.54) is 31.8 Å². The van der Waals surface area contributed by atoms with Crippen molar-refractivity contribution in [2.45, 2.75) is 57.4 Å².